The molecule has 3 N–H and O–H groups in total. The zero-order valence-corrected chi connectivity index (χ0v) is 10.2. The Labute approximate surface area is 103 Å². The number of hydrogen-bond donors (Lipinski definition) is 2. The zero-order chi connectivity index (χ0) is 12.3. The van der Waals surface area contributed by atoms with Crippen LogP contribution in [0.2, 0.25) is 0 Å². The van der Waals surface area contributed by atoms with Gasteiger partial charge in [0.05, 0.1) is 5.39 Å². The van der Waals surface area contributed by atoms with Gasteiger partial charge in [-0.1, -0.05) is 0 Å². The number of nitrogens with one attached hydrogen (secondary N) is 1. The average Bonchev–Trinajstić information content (AvgIpc) is 2.69. The maximum Gasteiger partial charge on any atom is 0.241 e. The lowest BCUT2D eigenvalue weighted by Gasteiger charge is -2.06. The SMILES string of the molecule is C#CCCOc1nc(NN)nc2sc(C)cc12. The molecule has 0 spiro atoms. The van der Waals surface area contributed by atoms with E-state index in [9.17, 15) is 0 Å². The number of nitrogens with two attached hydrogens (primary N) is 1. The molecule has 0 aliphatic carbocycles. The summed E-state index contributed by atoms with van der Waals surface area (Å²) in [6.07, 6.45) is 5.71. The molecule has 2 aromatic rings. The molecule has 6 heteroatoms. The molecule has 0 aliphatic heterocycles. The fourth-order valence-corrected chi connectivity index (χ4v) is 2.27. The number of anilines is 1. The van der Waals surface area contributed by atoms with E-state index in [1.54, 1.807) is 11.3 Å². The molecular formula is C11H12N4OS. The summed E-state index contributed by atoms with van der Waals surface area (Å²) < 4.78 is 5.53. The molecule has 0 amide bonds. The molecular weight excluding hydrogens is 236 g/mol. The Hall–Kier alpha value is -1.84. The molecule has 0 radical (unpaired) electrons. The van der Waals surface area contributed by atoms with E-state index in [1.165, 1.54) is 0 Å². The van der Waals surface area contributed by atoms with Crippen molar-refractivity contribution in [3.05, 3.63) is 10.9 Å². The number of rotatable bonds is 4. The van der Waals surface area contributed by atoms with Gasteiger partial charge in [-0.3, -0.25) is 5.43 Å². The number of aromatic nitrogens is 2. The van der Waals surface area contributed by atoms with E-state index < -0.39 is 0 Å². The highest BCUT2D eigenvalue weighted by molar-refractivity contribution is 7.18. The highest BCUT2D eigenvalue weighted by Gasteiger charge is 2.10. The Morgan fingerprint density at radius 2 is 2.41 bits per heavy atom. The van der Waals surface area contributed by atoms with Gasteiger partial charge in [-0.2, -0.15) is 4.98 Å². The predicted octanol–water partition coefficient (Wildman–Crippen LogP) is 1.69. The van der Waals surface area contributed by atoms with Gasteiger partial charge in [0.25, 0.3) is 0 Å². The van der Waals surface area contributed by atoms with Gasteiger partial charge in [0, 0.05) is 11.3 Å². The number of thiophene rings is 1. The van der Waals surface area contributed by atoms with Crippen molar-refractivity contribution in [3.8, 4) is 18.2 Å². The lowest BCUT2D eigenvalue weighted by atomic mass is 10.3. The molecule has 0 atom stereocenters. The summed E-state index contributed by atoms with van der Waals surface area (Å²) >= 11 is 1.57. The molecule has 0 fully saturated rings. The normalized spacial score (nSPS) is 10.2. The van der Waals surface area contributed by atoms with Crippen molar-refractivity contribution >= 4 is 27.5 Å². The van der Waals surface area contributed by atoms with E-state index in [2.05, 4.69) is 21.3 Å². The topological polar surface area (TPSA) is 73.1 Å². The molecule has 17 heavy (non-hydrogen) atoms. The summed E-state index contributed by atoms with van der Waals surface area (Å²) in [5.41, 5.74) is 2.42. The lowest BCUT2D eigenvalue weighted by molar-refractivity contribution is 0.319. The quantitative estimate of drug-likeness (QED) is 0.373. The first kappa shape index (κ1) is 11.6. The fourth-order valence-electron chi connectivity index (χ4n) is 1.40. The molecule has 2 rings (SSSR count). The van der Waals surface area contributed by atoms with Crippen molar-refractivity contribution in [1.82, 2.24) is 9.97 Å². The maximum atomic E-state index is 5.53. The molecule has 0 saturated heterocycles. The zero-order valence-electron chi connectivity index (χ0n) is 9.36. The van der Waals surface area contributed by atoms with Crippen LogP contribution in [0, 0.1) is 19.3 Å². The smallest absolute Gasteiger partial charge is 0.241 e. The summed E-state index contributed by atoms with van der Waals surface area (Å²) in [4.78, 5) is 10.4. The molecule has 0 aromatic carbocycles. The summed E-state index contributed by atoms with van der Waals surface area (Å²) in [5.74, 6) is 8.69. The van der Waals surface area contributed by atoms with Crippen LogP contribution in [0.4, 0.5) is 5.95 Å². The molecule has 0 saturated carbocycles. The summed E-state index contributed by atoms with van der Waals surface area (Å²) in [6, 6.07) is 1.99. The Morgan fingerprint density at radius 1 is 1.59 bits per heavy atom. The van der Waals surface area contributed by atoms with E-state index in [1.807, 2.05) is 13.0 Å². The van der Waals surface area contributed by atoms with Crippen LogP contribution in [-0.4, -0.2) is 16.6 Å². The van der Waals surface area contributed by atoms with Crippen molar-refractivity contribution < 1.29 is 4.74 Å². The van der Waals surface area contributed by atoms with E-state index in [4.69, 9.17) is 17.0 Å². The number of terminal acetylenes is 1. The van der Waals surface area contributed by atoms with Gasteiger partial charge in [-0.05, 0) is 13.0 Å². The Morgan fingerprint density at radius 3 is 3.12 bits per heavy atom. The first-order chi connectivity index (χ1) is 8.24. The van der Waals surface area contributed by atoms with Gasteiger partial charge in [0.15, 0.2) is 0 Å². The third-order valence-electron chi connectivity index (χ3n) is 2.10. The third-order valence-corrected chi connectivity index (χ3v) is 3.04. The number of ether oxygens (including phenoxy) is 1. The minimum Gasteiger partial charge on any atom is -0.476 e. The van der Waals surface area contributed by atoms with Crippen LogP contribution >= 0.6 is 11.3 Å². The lowest BCUT2D eigenvalue weighted by Crippen LogP contribution is -2.11. The van der Waals surface area contributed by atoms with Crippen LogP contribution in [0.5, 0.6) is 5.88 Å². The van der Waals surface area contributed by atoms with Crippen LogP contribution < -0.4 is 16.0 Å². The second kappa shape index (κ2) is 4.99. The van der Waals surface area contributed by atoms with Crippen molar-refractivity contribution in [2.45, 2.75) is 13.3 Å². The van der Waals surface area contributed by atoms with Gasteiger partial charge in [0.1, 0.15) is 11.4 Å². The van der Waals surface area contributed by atoms with Crippen molar-refractivity contribution in [2.24, 2.45) is 5.84 Å². The molecule has 2 heterocycles. The Bertz CT molecular complexity index is 573. The second-order valence-electron chi connectivity index (χ2n) is 3.38. The molecule has 0 unspecified atom stereocenters. The number of hydrogen-bond acceptors (Lipinski definition) is 6. The molecule has 0 bridgehead atoms. The van der Waals surface area contributed by atoms with Gasteiger partial charge in [-0.15, -0.1) is 23.7 Å². The van der Waals surface area contributed by atoms with Gasteiger partial charge in [-0.25, -0.2) is 10.8 Å². The average molecular weight is 248 g/mol. The molecule has 88 valence electrons. The van der Waals surface area contributed by atoms with Crippen LogP contribution in [0.3, 0.4) is 0 Å². The van der Waals surface area contributed by atoms with Gasteiger partial charge < -0.3 is 4.74 Å². The van der Waals surface area contributed by atoms with Crippen LogP contribution in [0.25, 0.3) is 10.2 Å². The van der Waals surface area contributed by atoms with Crippen molar-refractivity contribution in [2.75, 3.05) is 12.0 Å². The molecule has 5 nitrogen and oxygen atoms in total. The monoisotopic (exact) mass is 248 g/mol. The van der Waals surface area contributed by atoms with Crippen LogP contribution in [-0.2, 0) is 0 Å². The number of aryl methyl sites for hydroxylation is 1. The minimum absolute atomic E-state index is 0.343. The Kier molecular flexibility index (Phi) is 3.42. The van der Waals surface area contributed by atoms with Crippen LogP contribution in [0.15, 0.2) is 6.07 Å². The van der Waals surface area contributed by atoms with Crippen molar-refractivity contribution in [3.63, 3.8) is 0 Å². The van der Waals surface area contributed by atoms with E-state index in [0.29, 0.717) is 24.9 Å². The first-order valence-corrected chi connectivity index (χ1v) is 5.87. The van der Waals surface area contributed by atoms with E-state index in [-0.39, 0.29) is 0 Å². The van der Waals surface area contributed by atoms with Crippen LogP contribution in [0.1, 0.15) is 11.3 Å². The number of hydrazine groups is 1. The van der Waals surface area contributed by atoms with E-state index in [0.717, 1.165) is 15.1 Å². The number of fused-ring (bicyclic) bond motifs is 1. The Balaban J connectivity index is 2.40. The fraction of sp³-hybridized carbons (Fsp3) is 0.273. The number of nitrogens with zero attached hydrogens (tertiary/aromatic N) is 2. The van der Waals surface area contributed by atoms with Gasteiger partial charge >= 0.3 is 0 Å². The second-order valence-corrected chi connectivity index (χ2v) is 4.61. The largest absolute Gasteiger partial charge is 0.476 e. The molecule has 0 aliphatic rings. The highest BCUT2D eigenvalue weighted by atomic mass is 32.1. The summed E-state index contributed by atoms with van der Waals surface area (Å²) in [7, 11) is 0. The maximum absolute atomic E-state index is 5.53. The standard InChI is InChI=1S/C11H12N4OS/c1-3-4-5-16-9-8-6-7(2)17-10(8)14-11(13-9)15-12/h1,6H,4-5,12H2,2H3,(H,13,14,15). The molecule has 2 aromatic heterocycles. The minimum atomic E-state index is 0.343. The third kappa shape index (κ3) is 2.46. The summed E-state index contributed by atoms with van der Waals surface area (Å²) in [6.45, 7) is 2.44. The number of nitrogen functional groups attached to an aromatic ring is 1. The highest BCUT2D eigenvalue weighted by Crippen LogP contribution is 2.30. The summed E-state index contributed by atoms with van der Waals surface area (Å²) in [5, 5.41) is 0.892. The van der Waals surface area contributed by atoms with E-state index >= 15 is 0 Å². The predicted molar refractivity (Wildman–Crippen MR) is 68.9 cm³/mol. The first-order valence-electron chi connectivity index (χ1n) is 5.05. The van der Waals surface area contributed by atoms with Gasteiger partial charge in [0.2, 0.25) is 11.8 Å². The van der Waals surface area contributed by atoms with Crippen molar-refractivity contribution in [1.29, 1.82) is 0 Å².